The summed E-state index contributed by atoms with van der Waals surface area (Å²) in [5, 5.41) is 0. The van der Waals surface area contributed by atoms with Gasteiger partial charge in [-0.3, -0.25) is 0 Å². The molecule has 0 unspecified atom stereocenters. The molecule has 0 aromatic carbocycles. The highest BCUT2D eigenvalue weighted by Gasteiger charge is 2.61. The summed E-state index contributed by atoms with van der Waals surface area (Å²) in [6, 6.07) is 0. The Morgan fingerprint density at radius 2 is 1.18 bits per heavy atom. The van der Waals surface area contributed by atoms with Gasteiger partial charge in [-0.15, -0.1) is 0 Å². The highest BCUT2D eigenvalue weighted by molar-refractivity contribution is 4.99. The molecule has 0 N–H and O–H groups in total. The topological polar surface area (TPSA) is 46.2 Å². The summed E-state index contributed by atoms with van der Waals surface area (Å²) in [7, 11) is 0. The monoisotopic (exact) mass is 310 g/mol. The summed E-state index contributed by atoms with van der Waals surface area (Å²) in [6.45, 7) is 0.563. The number of hydrogen-bond donors (Lipinski definition) is 0. The van der Waals surface area contributed by atoms with Crippen molar-refractivity contribution < 1.29 is 23.7 Å². The first-order valence-corrected chi connectivity index (χ1v) is 9.11. The molecule has 124 valence electrons. The van der Waals surface area contributed by atoms with E-state index in [2.05, 4.69) is 0 Å². The van der Waals surface area contributed by atoms with Crippen LogP contribution in [0.25, 0.3) is 0 Å². The average molecular weight is 310 g/mol. The Hall–Kier alpha value is -0.200. The predicted octanol–water partition coefficient (Wildman–Crippen LogP) is 2.86. The van der Waals surface area contributed by atoms with Crippen molar-refractivity contribution in [3.05, 3.63) is 0 Å². The third kappa shape index (κ3) is 2.17. The summed E-state index contributed by atoms with van der Waals surface area (Å²) in [4.78, 5) is 0. The summed E-state index contributed by atoms with van der Waals surface area (Å²) >= 11 is 0. The maximum atomic E-state index is 6.43. The van der Waals surface area contributed by atoms with Crippen molar-refractivity contribution in [3.8, 4) is 0 Å². The molecule has 5 rings (SSSR count). The van der Waals surface area contributed by atoms with Crippen LogP contribution in [-0.2, 0) is 23.7 Å². The zero-order valence-corrected chi connectivity index (χ0v) is 13.1. The molecular formula is C17H26O5. The van der Waals surface area contributed by atoms with Gasteiger partial charge < -0.3 is 23.7 Å². The van der Waals surface area contributed by atoms with Crippen molar-refractivity contribution in [2.24, 2.45) is 0 Å². The minimum atomic E-state index is -0.422. The van der Waals surface area contributed by atoms with Crippen LogP contribution in [-0.4, -0.2) is 42.8 Å². The standard InChI is InChI=1S/C17H26O5/c1-3-7-16(8-4-1)19-12-11-18-15-14(13(12)20-16)21-17(22-15)9-5-2-6-10-17/h12-15H,1-11H2/t12-,13+,14+,15-/m0/s1. The van der Waals surface area contributed by atoms with Gasteiger partial charge in [-0.2, -0.15) is 0 Å². The van der Waals surface area contributed by atoms with Gasteiger partial charge >= 0.3 is 0 Å². The van der Waals surface area contributed by atoms with Crippen LogP contribution in [0.1, 0.15) is 64.2 Å². The summed E-state index contributed by atoms with van der Waals surface area (Å²) in [5.41, 5.74) is 0. The number of ether oxygens (including phenoxy) is 5. The molecule has 0 amide bonds. The van der Waals surface area contributed by atoms with Gasteiger partial charge in [-0.25, -0.2) is 0 Å². The smallest absolute Gasteiger partial charge is 0.189 e. The Morgan fingerprint density at radius 3 is 1.86 bits per heavy atom. The van der Waals surface area contributed by atoms with Gasteiger partial charge in [0.05, 0.1) is 6.61 Å². The van der Waals surface area contributed by atoms with E-state index in [9.17, 15) is 0 Å². The van der Waals surface area contributed by atoms with Gasteiger partial charge in [0.25, 0.3) is 0 Å². The minimum Gasteiger partial charge on any atom is -0.347 e. The molecule has 2 saturated carbocycles. The number of rotatable bonds is 0. The maximum Gasteiger partial charge on any atom is 0.189 e. The lowest BCUT2D eigenvalue weighted by Crippen LogP contribution is -2.50. The van der Waals surface area contributed by atoms with Gasteiger partial charge in [0.15, 0.2) is 17.9 Å². The first-order chi connectivity index (χ1) is 10.8. The average Bonchev–Trinajstić information content (AvgIpc) is 3.07. The van der Waals surface area contributed by atoms with E-state index >= 15 is 0 Å². The fraction of sp³-hybridized carbons (Fsp3) is 1.00. The zero-order valence-electron chi connectivity index (χ0n) is 13.1. The lowest BCUT2D eigenvalue weighted by molar-refractivity contribution is -0.234. The molecule has 0 bridgehead atoms. The molecule has 3 heterocycles. The molecular weight excluding hydrogens is 284 g/mol. The quantitative estimate of drug-likeness (QED) is 0.688. The second-order valence-electron chi connectivity index (χ2n) is 7.58. The number of hydrogen-bond acceptors (Lipinski definition) is 5. The molecule has 4 atom stereocenters. The Labute approximate surface area is 131 Å². The van der Waals surface area contributed by atoms with Gasteiger partial charge in [-0.05, 0) is 25.7 Å². The second-order valence-corrected chi connectivity index (χ2v) is 7.58. The first-order valence-electron chi connectivity index (χ1n) is 9.11. The van der Waals surface area contributed by atoms with Crippen LogP contribution in [0.4, 0.5) is 0 Å². The lowest BCUT2D eigenvalue weighted by atomic mass is 9.94. The van der Waals surface area contributed by atoms with Crippen molar-refractivity contribution in [3.63, 3.8) is 0 Å². The molecule has 3 saturated heterocycles. The van der Waals surface area contributed by atoms with Crippen molar-refractivity contribution in [1.29, 1.82) is 0 Å². The molecule has 22 heavy (non-hydrogen) atoms. The molecule has 2 spiro atoms. The second kappa shape index (κ2) is 5.15. The molecule has 5 fully saturated rings. The minimum absolute atomic E-state index is 0.00157. The fourth-order valence-electron chi connectivity index (χ4n) is 4.90. The van der Waals surface area contributed by atoms with Crippen LogP contribution in [0.2, 0.25) is 0 Å². The Bertz CT molecular complexity index is 387. The van der Waals surface area contributed by atoms with Gasteiger partial charge in [0, 0.05) is 25.7 Å². The highest BCUT2D eigenvalue weighted by Crippen LogP contribution is 2.49. The normalized spacial score (nSPS) is 45.8. The van der Waals surface area contributed by atoms with Crippen LogP contribution in [0.5, 0.6) is 0 Å². The Balaban J connectivity index is 1.35. The third-order valence-electron chi connectivity index (χ3n) is 6.01. The van der Waals surface area contributed by atoms with Gasteiger partial charge in [0.1, 0.15) is 18.3 Å². The molecule has 2 aliphatic carbocycles. The molecule has 0 aromatic heterocycles. The molecule has 0 radical (unpaired) electrons. The van der Waals surface area contributed by atoms with Crippen molar-refractivity contribution >= 4 is 0 Å². The van der Waals surface area contributed by atoms with E-state index in [0.29, 0.717) is 6.61 Å². The number of fused-ring (bicyclic) bond motifs is 3. The van der Waals surface area contributed by atoms with Crippen LogP contribution in [0, 0.1) is 0 Å². The van der Waals surface area contributed by atoms with E-state index in [1.165, 1.54) is 38.5 Å². The highest BCUT2D eigenvalue weighted by atomic mass is 16.9. The maximum absolute atomic E-state index is 6.43. The molecule has 5 heteroatoms. The Kier molecular flexibility index (Phi) is 3.32. The van der Waals surface area contributed by atoms with Crippen molar-refractivity contribution in [2.75, 3.05) is 6.61 Å². The summed E-state index contributed by atoms with van der Waals surface area (Å²) in [5.74, 6) is -0.800. The molecule has 5 aliphatic rings. The van der Waals surface area contributed by atoms with Crippen molar-refractivity contribution in [1.82, 2.24) is 0 Å². The van der Waals surface area contributed by atoms with E-state index in [1.54, 1.807) is 0 Å². The third-order valence-corrected chi connectivity index (χ3v) is 6.01. The van der Waals surface area contributed by atoms with Crippen molar-refractivity contribution in [2.45, 2.75) is 100 Å². The van der Waals surface area contributed by atoms with E-state index in [0.717, 1.165) is 25.7 Å². The SMILES string of the molecule is C1CCC2(CC1)O[C@@H]1OC[C@@H]3OC4(CCCCC4)O[C@H]3[C@H]1O2. The molecule has 0 aromatic rings. The van der Waals surface area contributed by atoms with E-state index in [-0.39, 0.29) is 30.4 Å². The first kappa shape index (κ1) is 14.2. The van der Waals surface area contributed by atoms with Gasteiger partial charge in [0.2, 0.25) is 0 Å². The van der Waals surface area contributed by atoms with E-state index in [4.69, 9.17) is 23.7 Å². The fourth-order valence-corrected chi connectivity index (χ4v) is 4.90. The van der Waals surface area contributed by atoms with Crippen LogP contribution in [0.15, 0.2) is 0 Å². The van der Waals surface area contributed by atoms with Crippen LogP contribution >= 0.6 is 0 Å². The van der Waals surface area contributed by atoms with Gasteiger partial charge in [-0.1, -0.05) is 12.8 Å². The van der Waals surface area contributed by atoms with Crippen LogP contribution < -0.4 is 0 Å². The largest absolute Gasteiger partial charge is 0.347 e. The lowest BCUT2D eigenvalue weighted by Gasteiger charge is -2.33. The predicted molar refractivity (Wildman–Crippen MR) is 77.1 cm³/mol. The Morgan fingerprint density at radius 1 is 0.591 bits per heavy atom. The summed E-state index contributed by atoms with van der Waals surface area (Å²) < 4.78 is 31.2. The van der Waals surface area contributed by atoms with Crippen LogP contribution in [0.3, 0.4) is 0 Å². The van der Waals surface area contributed by atoms with E-state index in [1.807, 2.05) is 0 Å². The molecule has 5 nitrogen and oxygen atoms in total. The molecule has 3 aliphatic heterocycles. The van der Waals surface area contributed by atoms with E-state index < -0.39 is 5.79 Å². The zero-order chi connectivity index (χ0) is 14.6. The summed E-state index contributed by atoms with van der Waals surface area (Å²) in [6.07, 6.45) is 10.8.